The molecule has 1 fully saturated rings. The van der Waals surface area contributed by atoms with Gasteiger partial charge in [0.25, 0.3) is 5.91 Å². The molecule has 3 rings (SSSR count). The standard InChI is InChI=1S/C17H18F4N2O3/c1-26-17(9-3-2-6-16(20,21)7-9)13-10(18)4-5-11(19)14(13)23(15(17)25)8-12(22)24/h4-5,9H,2-3,6-8H2,1H3,(H2,22,24)/t9-,17+/m1/s1. The minimum atomic E-state index is -3.05. The fraction of sp³-hybridized carbons (Fsp3) is 0.529. The molecule has 2 atom stereocenters. The normalized spacial score (nSPS) is 27.5. The summed E-state index contributed by atoms with van der Waals surface area (Å²) >= 11 is 0. The third kappa shape index (κ3) is 2.65. The van der Waals surface area contributed by atoms with Gasteiger partial charge in [-0.3, -0.25) is 14.5 Å². The molecule has 2 N–H and O–H groups in total. The average Bonchev–Trinajstić information content (AvgIpc) is 2.80. The predicted octanol–water partition coefficient (Wildman–Crippen LogP) is 2.46. The lowest BCUT2D eigenvalue weighted by atomic mass is 9.72. The van der Waals surface area contributed by atoms with Crippen LogP contribution in [0.3, 0.4) is 0 Å². The van der Waals surface area contributed by atoms with Gasteiger partial charge in [0.05, 0.1) is 11.3 Å². The third-order valence-electron chi connectivity index (χ3n) is 5.13. The van der Waals surface area contributed by atoms with Crippen LogP contribution < -0.4 is 10.6 Å². The first-order chi connectivity index (χ1) is 12.1. The van der Waals surface area contributed by atoms with Gasteiger partial charge >= 0.3 is 0 Å². The number of nitrogens with zero attached hydrogens (tertiary/aromatic N) is 1. The molecule has 1 aromatic rings. The average molecular weight is 374 g/mol. The van der Waals surface area contributed by atoms with E-state index >= 15 is 0 Å². The Morgan fingerprint density at radius 3 is 2.58 bits per heavy atom. The van der Waals surface area contributed by atoms with E-state index < -0.39 is 65.1 Å². The molecule has 0 aromatic heterocycles. The first-order valence-corrected chi connectivity index (χ1v) is 8.16. The Balaban J connectivity index is 2.22. The van der Waals surface area contributed by atoms with E-state index in [1.54, 1.807) is 0 Å². The van der Waals surface area contributed by atoms with Crippen molar-refractivity contribution in [1.29, 1.82) is 0 Å². The van der Waals surface area contributed by atoms with E-state index in [9.17, 15) is 27.2 Å². The van der Waals surface area contributed by atoms with Crippen LogP contribution in [0.15, 0.2) is 12.1 Å². The van der Waals surface area contributed by atoms with Gasteiger partial charge in [0.2, 0.25) is 11.8 Å². The molecule has 0 bridgehead atoms. The van der Waals surface area contributed by atoms with Crippen molar-refractivity contribution in [1.82, 2.24) is 0 Å². The summed E-state index contributed by atoms with van der Waals surface area (Å²) in [5.74, 6) is -7.95. The minimum absolute atomic E-state index is 0.109. The number of methoxy groups -OCH3 is 1. The highest BCUT2D eigenvalue weighted by Gasteiger charge is 2.61. The van der Waals surface area contributed by atoms with Crippen molar-refractivity contribution in [2.24, 2.45) is 11.7 Å². The second kappa shape index (κ2) is 6.22. The molecule has 5 nitrogen and oxygen atoms in total. The third-order valence-corrected chi connectivity index (χ3v) is 5.13. The molecule has 142 valence electrons. The van der Waals surface area contributed by atoms with Crippen molar-refractivity contribution in [2.45, 2.75) is 37.2 Å². The van der Waals surface area contributed by atoms with Gasteiger partial charge in [0, 0.05) is 25.9 Å². The van der Waals surface area contributed by atoms with E-state index in [4.69, 9.17) is 10.5 Å². The predicted molar refractivity (Wildman–Crippen MR) is 83.5 cm³/mol. The molecule has 1 aliphatic heterocycles. The van der Waals surface area contributed by atoms with E-state index in [-0.39, 0.29) is 19.3 Å². The highest BCUT2D eigenvalue weighted by Crippen LogP contribution is 2.54. The number of hydrogen-bond donors (Lipinski definition) is 1. The Morgan fingerprint density at radius 1 is 1.35 bits per heavy atom. The van der Waals surface area contributed by atoms with Crippen molar-refractivity contribution in [2.75, 3.05) is 18.6 Å². The SMILES string of the molecule is CO[C@]1([C@@H]2CCCC(F)(F)C2)C(=O)N(CC(N)=O)c2c(F)ccc(F)c21. The molecule has 2 aliphatic rings. The van der Waals surface area contributed by atoms with Gasteiger partial charge in [-0.15, -0.1) is 0 Å². The number of primary amides is 1. The molecule has 0 saturated heterocycles. The lowest BCUT2D eigenvalue weighted by molar-refractivity contribution is -0.160. The topological polar surface area (TPSA) is 72.6 Å². The second-order valence-electron chi connectivity index (χ2n) is 6.70. The molecule has 0 unspecified atom stereocenters. The number of halogens is 4. The summed E-state index contributed by atoms with van der Waals surface area (Å²) in [6, 6.07) is 1.61. The molecule has 0 spiro atoms. The van der Waals surface area contributed by atoms with Gasteiger partial charge in [-0.1, -0.05) is 0 Å². The molecule has 1 saturated carbocycles. The summed E-state index contributed by atoms with van der Waals surface area (Å²) < 4.78 is 62.4. The monoisotopic (exact) mass is 374 g/mol. The minimum Gasteiger partial charge on any atom is -0.368 e. The fourth-order valence-electron chi connectivity index (χ4n) is 4.13. The highest BCUT2D eigenvalue weighted by molar-refractivity contribution is 6.10. The number of hydrogen-bond acceptors (Lipinski definition) is 3. The molecular weight excluding hydrogens is 356 g/mol. The number of rotatable bonds is 4. The molecule has 1 aromatic carbocycles. The molecule has 9 heteroatoms. The van der Waals surface area contributed by atoms with Crippen LogP contribution in [0.25, 0.3) is 0 Å². The van der Waals surface area contributed by atoms with Crippen LogP contribution in [0.4, 0.5) is 23.2 Å². The van der Waals surface area contributed by atoms with Crippen molar-refractivity contribution in [3.63, 3.8) is 0 Å². The molecule has 1 heterocycles. The summed E-state index contributed by atoms with van der Waals surface area (Å²) in [5.41, 5.74) is 2.07. The molecule has 26 heavy (non-hydrogen) atoms. The van der Waals surface area contributed by atoms with Crippen molar-refractivity contribution in [3.8, 4) is 0 Å². The van der Waals surface area contributed by atoms with Crippen LogP contribution in [0.5, 0.6) is 0 Å². The van der Waals surface area contributed by atoms with Crippen LogP contribution in [-0.4, -0.2) is 31.4 Å². The Bertz CT molecular complexity index is 771. The largest absolute Gasteiger partial charge is 0.368 e. The molecule has 1 aliphatic carbocycles. The Kier molecular flexibility index (Phi) is 4.46. The zero-order valence-corrected chi connectivity index (χ0v) is 14.0. The molecule has 2 amide bonds. The van der Waals surface area contributed by atoms with Crippen LogP contribution in [0.2, 0.25) is 0 Å². The number of alkyl halides is 2. The van der Waals surface area contributed by atoms with Gasteiger partial charge in [-0.2, -0.15) is 0 Å². The summed E-state index contributed by atoms with van der Waals surface area (Å²) in [5, 5.41) is 0. The number of amides is 2. The van der Waals surface area contributed by atoms with Gasteiger partial charge in [0.1, 0.15) is 18.2 Å². The van der Waals surface area contributed by atoms with Crippen molar-refractivity contribution in [3.05, 3.63) is 29.3 Å². The fourth-order valence-corrected chi connectivity index (χ4v) is 4.13. The summed E-state index contributed by atoms with van der Waals surface area (Å²) in [4.78, 5) is 25.1. The first kappa shape index (κ1) is 18.6. The summed E-state index contributed by atoms with van der Waals surface area (Å²) in [6.45, 7) is -0.708. The van der Waals surface area contributed by atoms with E-state index in [0.29, 0.717) is 4.90 Å². The smallest absolute Gasteiger partial charge is 0.264 e. The van der Waals surface area contributed by atoms with Gasteiger partial charge in [-0.25, -0.2) is 17.6 Å². The lowest BCUT2D eigenvalue weighted by Crippen LogP contribution is -2.51. The van der Waals surface area contributed by atoms with E-state index in [2.05, 4.69) is 0 Å². The van der Waals surface area contributed by atoms with E-state index in [1.807, 2.05) is 0 Å². The van der Waals surface area contributed by atoms with Crippen LogP contribution in [0.1, 0.15) is 31.2 Å². The number of anilines is 1. The Hall–Kier alpha value is -2.16. The van der Waals surface area contributed by atoms with Crippen LogP contribution in [-0.2, 0) is 19.9 Å². The summed E-state index contributed by atoms with van der Waals surface area (Å²) in [6.07, 6.45) is -0.763. The number of carbonyl (C=O) groups excluding carboxylic acids is 2. The zero-order chi connectivity index (χ0) is 19.3. The van der Waals surface area contributed by atoms with Gasteiger partial charge in [-0.05, 0) is 25.0 Å². The maximum absolute atomic E-state index is 14.7. The van der Waals surface area contributed by atoms with E-state index in [1.165, 1.54) is 0 Å². The Labute approximate surface area is 147 Å². The van der Waals surface area contributed by atoms with E-state index in [0.717, 1.165) is 19.2 Å². The number of nitrogens with two attached hydrogens (primary N) is 1. The van der Waals surface area contributed by atoms with Crippen LogP contribution in [0, 0.1) is 17.6 Å². The maximum atomic E-state index is 14.7. The number of benzene rings is 1. The quantitative estimate of drug-likeness (QED) is 0.823. The van der Waals surface area contributed by atoms with Crippen molar-refractivity contribution < 1.29 is 31.9 Å². The highest BCUT2D eigenvalue weighted by atomic mass is 19.3. The van der Waals surface area contributed by atoms with Crippen LogP contribution >= 0.6 is 0 Å². The zero-order valence-electron chi connectivity index (χ0n) is 14.0. The van der Waals surface area contributed by atoms with Gasteiger partial charge in [0.15, 0.2) is 5.60 Å². The second-order valence-corrected chi connectivity index (χ2v) is 6.70. The van der Waals surface area contributed by atoms with Gasteiger partial charge < -0.3 is 10.5 Å². The summed E-state index contributed by atoms with van der Waals surface area (Å²) in [7, 11) is 1.09. The Morgan fingerprint density at radius 2 is 2.00 bits per heavy atom. The van der Waals surface area contributed by atoms with Crippen molar-refractivity contribution >= 4 is 17.5 Å². The maximum Gasteiger partial charge on any atom is 0.264 e. The molecular formula is C17H18F4N2O3. The number of fused-ring (bicyclic) bond motifs is 1. The number of ether oxygens (including phenoxy) is 1. The molecule has 0 radical (unpaired) electrons. The number of carbonyl (C=O) groups is 2. The first-order valence-electron chi connectivity index (χ1n) is 8.16. The lowest BCUT2D eigenvalue weighted by Gasteiger charge is -2.40.